The topological polar surface area (TPSA) is 20.7 Å². The Labute approximate surface area is 131 Å². The molecule has 19 heavy (non-hydrogen) atoms. The lowest BCUT2D eigenvalue weighted by molar-refractivity contribution is 0.443. The summed E-state index contributed by atoms with van der Waals surface area (Å²) in [5.74, 6) is 0.478. The second-order valence-electron chi connectivity index (χ2n) is 5.40. The van der Waals surface area contributed by atoms with Crippen LogP contribution in [0.1, 0.15) is 39.7 Å². The van der Waals surface area contributed by atoms with Gasteiger partial charge in [0.05, 0.1) is 14.6 Å². The molecule has 1 unspecified atom stereocenters. The molecular formula is C14H18FIN2S. The number of benzene rings is 1. The van der Waals surface area contributed by atoms with E-state index in [1.165, 1.54) is 0 Å². The van der Waals surface area contributed by atoms with Crippen LogP contribution < -0.4 is 0 Å². The van der Waals surface area contributed by atoms with Crippen molar-refractivity contribution >= 4 is 45.8 Å². The number of halogens is 2. The zero-order chi connectivity index (χ0) is 14.2. The molecule has 0 saturated carbocycles. The van der Waals surface area contributed by atoms with Gasteiger partial charge in [0.2, 0.25) is 0 Å². The van der Waals surface area contributed by atoms with Crippen molar-refractivity contribution in [3.8, 4) is 0 Å². The molecule has 0 spiro atoms. The fourth-order valence-electron chi connectivity index (χ4n) is 2.26. The van der Waals surface area contributed by atoms with Crippen LogP contribution in [0, 0.1) is 20.1 Å². The van der Waals surface area contributed by atoms with E-state index in [2.05, 4.69) is 25.8 Å². The van der Waals surface area contributed by atoms with E-state index in [-0.39, 0.29) is 11.9 Å². The fourth-order valence-corrected chi connectivity index (χ4v) is 3.12. The van der Waals surface area contributed by atoms with Crippen molar-refractivity contribution in [3.05, 3.63) is 26.3 Å². The summed E-state index contributed by atoms with van der Waals surface area (Å²) in [5, 5.41) is 0. The van der Waals surface area contributed by atoms with Crippen LogP contribution in [0.4, 0.5) is 4.39 Å². The monoisotopic (exact) mass is 392 g/mol. The van der Waals surface area contributed by atoms with Crippen molar-refractivity contribution < 1.29 is 4.39 Å². The molecule has 1 N–H and O–H groups in total. The third-order valence-electron chi connectivity index (χ3n) is 3.36. The van der Waals surface area contributed by atoms with Crippen LogP contribution >= 0.6 is 34.8 Å². The molecule has 1 aromatic carbocycles. The van der Waals surface area contributed by atoms with Crippen LogP contribution in [-0.2, 0) is 0 Å². The minimum absolute atomic E-state index is 0.188. The van der Waals surface area contributed by atoms with Crippen LogP contribution in [0.5, 0.6) is 0 Å². The van der Waals surface area contributed by atoms with Gasteiger partial charge in [0.15, 0.2) is 4.77 Å². The maximum Gasteiger partial charge on any atom is 0.178 e. The molecule has 0 aliphatic rings. The van der Waals surface area contributed by atoms with Gasteiger partial charge >= 0.3 is 0 Å². The molecule has 5 heteroatoms. The molecule has 0 saturated heterocycles. The summed E-state index contributed by atoms with van der Waals surface area (Å²) in [6.45, 7) is 6.56. The third kappa shape index (κ3) is 3.18. The minimum atomic E-state index is -0.188. The third-order valence-corrected chi connectivity index (χ3v) is 4.49. The number of rotatable bonds is 4. The van der Waals surface area contributed by atoms with Gasteiger partial charge in [-0.2, -0.15) is 0 Å². The second kappa shape index (κ2) is 5.91. The van der Waals surface area contributed by atoms with Gasteiger partial charge in [0.25, 0.3) is 0 Å². The van der Waals surface area contributed by atoms with Crippen molar-refractivity contribution in [2.24, 2.45) is 5.92 Å². The van der Waals surface area contributed by atoms with E-state index in [1.807, 2.05) is 33.2 Å². The SMILES string of the molecule is CC(C)CCC(C)n1c(=S)[nH]c2cc(I)c(F)cc21. The highest BCUT2D eigenvalue weighted by Crippen LogP contribution is 2.26. The summed E-state index contributed by atoms with van der Waals surface area (Å²) in [5.41, 5.74) is 1.77. The van der Waals surface area contributed by atoms with Crippen LogP contribution in [0.2, 0.25) is 0 Å². The molecule has 0 amide bonds. The van der Waals surface area contributed by atoms with E-state index >= 15 is 0 Å². The number of aromatic nitrogens is 2. The summed E-state index contributed by atoms with van der Waals surface area (Å²) in [6.07, 6.45) is 2.19. The average Bonchev–Trinajstić information content (AvgIpc) is 2.62. The van der Waals surface area contributed by atoms with Crippen molar-refractivity contribution in [2.45, 2.75) is 39.7 Å². The number of hydrogen-bond acceptors (Lipinski definition) is 1. The number of imidazole rings is 1. The summed E-state index contributed by atoms with van der Waals surface area (Å²) < 4.78 is 17.1. The van der Waals surface area contributed by atoms with Gasteiger partial charge in [0, 0.05) is 12.1 Å². The van der Waals surface area contributed by atoms with E-state index in [4.69, 9.17) is 12.2 Å². The quantitative estimate of drug-likeness (QED) is 0.543. The van der Waals surface area contributed by atoms with Crippen LogP contribution in [-0.4, -0.2) is 9.55 Å². The van der Waals surface area contributed by atoms with Crippen LogP contribution in [0.25, 0.3) is 11.0 Å². The largest absolute Gasteiger partial charge is 0.331 e. The highest BCUT2D eigenvalue weighted by atomic mass is 127. The number of aromatic amines is 1. The highest BCUT2D eigenvalue weighted by Gasteiger charge is 2.13. The molecule has 0 radical (unpaired) electrons. The lowest BCUT2D eigenvalue weighted by atomic mass is 10.0. The predicted molar refractivity (Wildman–Crippen MR) is 88.6 cm³/mol. The van der Waals surface area contributed by atoms with Gasteiger partial charge in [-0.05, 0) is 66.6 Å². The standard InChI is InChI=1S/C14H18FIN2S/c1-8(2)4-5-9(3)18-13-6-10(15)11(16)7-12(13)17-14(18)19/h6-9H,4-5H2,1-3H3,(H,17,19). The Morgan fingerprint density at radius 3 is 2.63 bits per heavy atom. The van der Waals surface area contributed by atoms with E-state index < -0.39 is 0 Å². The second-order valence-corrected chi connectivity index (χ2v) is 6.95. The Hall–Kier alpha value is -0.430. The van der Waals surface area contributed by atoms with Crippen molar-refractivity contribution in [1.82, 2.24) is 9.55 Å². The first-order valence-electron chi connectivity index (χ1n) is 6.49. The first kappa shape index (κ1) is 15.0. The van der Waals surface area contributed by atoms with E-state index in [0.29, 0.717) is 14.3 Å². The molecule has 1 aromatic heterocycles. The minimum Gasteiger partial charge on any atom is -0.331 e. The first-order chi connectivity index (χ1) is 8.90. The Balaban J connectivity index is 2.45. The maximum atomic E-state index is 13.7. The number of nitrogens with one attached hydrogen (secondary N) is 1. The molecule has 1 heterocycles. The van der Waals surface area contributed by atoms with Gasteiger partial charge in [-0.1, -0.05) is 13.8 Å². The van der Waals surface area contributed by atoms with Crippen molar-refractivity contribution in [2.75, 3.05) is 0 Å². The summed E-state index contributed by atoms with van der Waals surface area (Å²) in [7, 11) is 0. The summed E-state index contributed by atoms with van der Waals surface area (Å²) in [6, 6.07) is 3.67. The molecule has 0 aliphatic heterocycles. The average molecular weight is 392 g/mol. The number of H-pyrrole nitrogens is 1. The molecule has 104 valence electrons. The first-order valence-corrected chi connectivity index (χ1v) is 7.98. The predicted octanol–water partition coefficient (Wildman–Crippen LogP) is 5.44. The van der Waals surface area contributed by atoms with E-state index in [9.17, 15) is 4.39 Å². The van der Waals surface area contributed by atoms with Gasteiger partial charge < -0.3 is 9.55 Å². The zero-order valence-electron chi connectivity index (χ0n) is 11.3. The Morgan fingerprint density at radius 2 is 2.00 bits per heavy atom. The Kier molecular flexibility index (Phi) is 4.66. The molecule has 2 nitrogen and oxygen atoms in total. The van der Waals surface area contributed by atoms with E-state index in [1.54, 1.807) is 6.07 Å². The van der Waals surface area contributed by atoms with Crippen molar-refractivity contribution in [3.63, 3.8) is 0 Å². The molecule has 1 atom stereocenters. The number of hydrogen-bond donors (Lipinski definition) is 1. The van der Waals surface area contributed by atoms with Gasteiger partial charge in [-0.25, -0.2) is 4.39 Å². The highest BCUT2D eigenvalue weighted by molar-refractivity contribution is 14.1. The fraction of sp³-hybridized carbons (Fsp3) is 0.500. The van der Waals surface area contributed by atoms with Crippen LogP contribution in [0.15, 0.2) is 12.1 Å². The molecule has 2 aromatic rings. The molecule has 0 fully saturated rings. The molecule has 0 aliphatic carbocycles. The van der Waals surface area contributed by atoms with Crippen LogP contribution in [0.3, 0.4) is 0 Å². The molecular weight excluding hydrogens is 374 g/mol. The lowest BCUT2D eigenvalue weighted by Gasteiger charge is -2.16. The number of nitrogens with zero attached hydrogens (tertiary/aromatic N) is 1. The maximum absolute atomic E-state index is 13.7. The van der Waals surface area contributed by atoms with Crippen molar-refractivity contribution in [1.29, 1.82) is 0 Å². The number of fused-ring (bicyclic) bond motifs is 1. The normalized spacial score (nSPS) is 13.4. The lowest BCUT2D eigenvalue weighted by Crippen LogP contribution is -2.06. The van der Waals surface area contributed by atoms with Gasteiger partial charge in [0.1, 0.15) is 5.82 Å². The van der Waals surface area contributed by atoms with Gasteiger partial charge in [-0.3, -0.25) is 0 Å². The molecule has 0 bridgehead atoms. The summed E-state index contributed by atoms with van der Waals surface area (Å²) in [4.78, 5) is 3.17. The summed E-state index contributed by atoms with van der Waals surface area (Å²) >= 11 is 7.38. The zero-order valence-corrected chi connectivity index (χ0v) is 14.3. The molecule has 2 rings (SSSR count). The smallest absolute Gasteiger partial charge is 0.178 e. The Morgan fingerprint density at radius 1 is 1.32 bits per heavy atom. The van der Waals surface area contributed by atoms with E-state index in [0.717, 1.165) is 23.9 Å². The Bertz CT molecular complexity index is 645. The van der Waals surface area contributed by atoms with Gasteiger partial charge in [-0.15, -0.1) is 0 Å².